The lowest BCUT2D eigenvalue weighted by Crippen LogP contribution is -1.86. The lowest BCUT2D eigenvalue weighted by Gasteiger charge is -2.00. The van der Waals surface area contributed by atoms with Gasteiger partial charge in [0.15, 0.2) is 0 Å². The number of hydrogen-bond donors (Lipinski definition) is 0. The number of hydrogen-bond acceptors (Lipinski definition) is 1. The van der Waals surface area contributed by atoms with Crippen LogP contribution >= 0.6 is 0 Å². The average Bonchev–Trinajstić information content (AvgIpc) is 2.36. The SMILES string of the molecule is C=CCc1ccc(C=COCCCCC)cc1. The molecule has 17 heavy (non-hydrogen) atoms. The maximum absolute atomic E-state index is 5.42. The van der Waals surface area contributed by atoms with Gasteiger partial charge in [-0.15, -0.1) is 6.58 Å². The summed E-state index contributed by atoms with van der Waals surface area (Å²) in [6.45, 7) is 6.74. The third kappa shape index (κ3) is 5.96. The van der Waals surface area contributed by atoms with Gasteiger partial charge in [0.2, 0.25) is 0 Å². The summed E-state index contributed by atoms with van der Waals surface area (Å²) in [4.78, 5) is 0. The molecule has 0 aromatic heterocycles. The fourth-order valence-electron chi connectivity index (χ4n) is 1.56. The topological polar surface area (TPSA) is 9.23 Å². The molecule has 0 aliphatic rings. The van der Waals surface area contributed by atoms with Crippen LogP contribution in [0.1, 0.15) is 37.3 Å². The fourth-order valence-corrected chi connectivity index (χ4v) is 1.56. The van der Waals surface area contributed by atoms with Gasteiger partial charge in [-0.25, -0.2) is 0 Å². The van der Waals surface area contributed by atoms with Crippen molar-refractivity contribution in [2.75, 3.05) is 6.61 Å². The molecular formula is C16H22O. The Bertz CT molecular complexity index is 335. The third-order valence-electron chi connectivity index (χ3n) is 2.58. The number of allylic oxidation sites excluding steroid dienone is 1. The Morgan fingerprint density at radius 1 is 1.18 bits per heavy atom. The van der Waals surface area contributed by atoms with Crippen LogP contribution in [0.4, 0.5) is 0 Å². The molecule has 1 rings (SSSR count). The van der Waals surface area contributed by atoms with Crippen LogP contribution in [-0.4, -0.2) is 6.61 Å². The van der Waals surface area contributed by atoms with Gasteiger partial charge in [0.05, 0.1) is 12.9 Å². The van der Waals surface area contributed by atoms with Crippen molar-refractivity contribution in [3.63, 3.8) is 0 Å². The predicted molar refractivity (Wildman–Crippen MR) is 74.9 cm³/mol. The molecule has 92 valence electrons. The van der Waals surface area contributed by atoms with E-state index in [1.807, 2.05) is 12.2 Å². The zero-order valence-corrected chi connectivity index (χ0v) is 10.7. The summed E-state index contributed by atoms with van der Waals surface area (Å²) >= 11 is 0. The largest absolute Gasteiger partial charge is 0.501 e. The molecule has 0 heterocycles. The second-order valence-electron chi connectivity index (χ2n) is 4.12. The Labute approximate surface area is 105 Å². The summed E-state index contributed by atoms with van der Waals surface area (Å²) in [6, 6.07) is 8.45. The molecule has 1 aromatic carbocycles. The van der Waals surface area contributed by atoms with Gasteiger partial charge in [0, 0.05) is 0 Å². The van der Waals surface area contributed by atoms with Crippen LogP contribution in [0.3, 0.4) is 0 Å². The summed E-state index contributed by atoms with van der Waals surface area (Å²) in [6.07, 6.45) is 10.3. The van der Waals surface area contributed by atoms with Crippen LogP contribution in [0.15, 0.2) is 43.2 Å². The van der Waals surface area contributed by atoms with Crippen molar-refractivity contribution in [1.29, 1.82) is 0 Å². The lowest BCUT2D eigenvalue weighted by molar-refractivity contribution is 0.244. The Morgan fingerprint density at radius 3 is 2.59 bits per heavy atom. The van der Waals surface area contributed by atoms with Crippen molar-refractivity contribution < 1.29 is 4.74 Å². The van der Waals surface area contributed by atoms with Gasteiger partial charge in [-0.3, -0.25) is 0 Å². The fraction of sp³-hybridized carbons (Fsp3) is 0.375. The summed E-state index contributed by atoms with van der Waals surface area (Å²) in [7, 11) is 0. The van der Waals surface area contributed by atoms with Crippen molar-refractivity contribution in [1.82, 2.24) is 0 Å². The molecule has 1 aromatic rings. The van der Waals surface area contributed by atoms with Gasteiger partial charge >= 0.3 is 0 Å². The number of rotatable bonds is 8. The van der Waals surface area contributed by atoms with Gasteiger partial charge in [-0.2, -0.15) is 0 Å². The maximum Gasteiger partial charge on any atom is 0.0873 e. The molecule has 0 spiro atoms. The highest BCUT2D eigenvalue weighted by atomic mass is 16.5. The molecule has 0 atom stereocenters. The highest BCUT2D eigenvalue weighted by Crippen LogP contribution is 2.07. The summed E-state index contributed by atoms with van der Waals surface area (Å²) in [5, 5.41) is 0. The van der Waals surface area contributed by atoms with E-state index in [4.69, 9.17) is 4.74 Å². The summed E-state index contributed by atoms with van der Waals surface area (Å²) < 4.78 is 5.42. The molecule has 1 heteroatoms. The second-order valence-corrected chi connectivity index (χ2v) is 4.12. The summed E-state index contributed by atoms with van der Waals surface area (Å²) in [5.74, 6) is 0. The van der Waals surface area contributed by atoms with Crippen LogP contribution in [0.25, 0.3) is 6.08 Å². The molecular weight excluding hydrogens is 208 g/mol. The van der Waals surface area contributed by atoms with E-state index in [9.17, 15) is 0 Å². The Kier molecular flexibility index (Phi) is 6.89. The molecule has 0 N–H and O–H groups in total. The van der Waals surface area contributed by atoms with Gasteiger partial charge in [-0.05, 0) is 30.0 Å². The second kappa shape index (κ2) is 8.63. The average molecular weight is 230 g/mol. The quantitative estimate of drug-likeness (QED) is 0.360. The molecule has 0 radical (unpaired) electrons. The van der Waals surface area contributed by atoms with Crippen LogP contribution in [0.5, 0.6) is 0 Å². The highest BCUT2D eigenvalue weighted by molar-refractivity contribution is 5.48. The van der Waals surface area contributed by atoms with Gasteiger partial charge < -0.3 is 4.74 Å². The molecule has 0 saturated heterocycles. The molecule has 0 unspecified atom stereocenters. The molecule has 0 aliphatic carbocycles. The van der Waals surface area contributed by atoms with Crippen LogP contribution < -0.4 is 0 Å². The third-order valence-corrected chi connectivity index (χ3v) is 2.58. The van der Waals surface area contributed by atoms with E-state index in [1.165, 1.54) is 24.0 Å². The van der Waals surface area contributed by atoms with Crippen LogP contribution in [-0.2, 0) is 11.2 Å². The number of benzene rings is 1. The van der Waals surface area contributed by atoms with Gasteiger partial charge in [0.1, 0.15) is 0 Å². The predicted octanol–water partition coefficient (Wildman–Crippen LogP) is 4.59. The first-order valence-electron chi connectivity index (χ1n) is 6.34. The molecule has 0 amide bonds. The van der Waals surface area contributed by atoms with Gasteiger partial charge in [0.25, 0.3) is 0 Å². The van der Waals surface area contributed by atoms with Crippen LogP contribution in [0, 0.1) is 0 Å². The van der Waals surface area contributed by atoms with E-state index in [0.29, 0.717) is 0 Å². The molecule has 1 nitrogen and oxygen atoms in total. The monoisotopic (exact) mass is 230 g/mol. The van der Waals surface area contributed by atoms with E-state index in [1.54, 1.807) is 6.26 Å². The van der Waals surface area contributed by atoms with E-state index in [-0.39, 0.29) is 0 Å². The lowest BCUT2D eigenvalue weighted by atomic mass is 10.1. The van der Waals surface area contributed by atoms with E-state index >= 15 is 0 Å². The Morgan fingerprint density at radius 2 is 1.94 bits per heavy atom. The minimum absolute atomic E-state index is 0.818. The van der Waals surface area contributed by atoms with Crippen molar-refractivity contribution in [2.24, 2.45) is 0 Å². The van der Waals surface area contributed by atoms with Crippen LogP contribution in [0.2, 0.25) is 0 Å². The standard InChI is InChI=1S/C16H22O/c1-3-5-6-13-17-14-12-16-10-8-15(7-4-2)9-11-16/h4,8-12,14H,2-3,5-7,13H2,1H3. The first-order chi connectivity index (χ1) is 8.36. The maximum atomic E-state index is 5.42. The first kappa shape index (κ1) is 13.6. The summed E-state index contributed by atoms with van der Waals surface area (Å²) in [5.41, 5.74) is 2.47. The Balaban J connectivity index is 2.30. The van der Waals surface area contributed by atoms with Crippen molar-refractivity contribution in [2.45, 2.75) is 32.6 Å². The zero-order valence-electron chi connectivity index (χ0n) is 10.7. The number of unbranched alkanes of at least 4 members (excludes halogenated alkanes) is 2. The Hall–Kier alpha value is -1.50. The first-order valence-corrected chi connectivity index (χ1v) is 6.34. The zero-order chi connectivity index (χ0) is 12.3. The highest BCUT2D eigenvalue weighted by Gasteiger charge is 1.90. The van der Waals surface area contributed by atoms with Gasteiger partial charge in [-0.1, -0.05) is 50.1 Å². The number of ether oxygens (including phenoxy) is 1. The van der Waals surface area contributed by atoms with E-state index < -0.39 is 0 Å². The van der Waals surface area contributed by atoms with E-state index in [0.717, 1.165) is 19.4 Å². The van der Waals surface area contributed by atoms with Crippen molar-refractivity contribution >= 4 is 6.08 Å². The van der Waals surface area contributed by atoms with Crippen molar-refractivity contribution in [3.8, 4) is 0 Å². The smallest absolute Gasteiger partial charge is 0.0873 e. The molecule has 0 aliphatic heterocycles. The minimum atomic E-state index is 0.818. The molecule has 0 bridgehead atoms. The molecule has 0 fully saturated rings. The molecule has 0 saturated carbocycles. The van der Waals surface area contributed by atoms with E-state index in [2.05, 4.69) is 37.8 Å². The normalized spacial score (nSPS) is 10.6. The minimum Gasteiger partial charge on any atom is -0.501 e. The van der Waals surface area contributed by atoms with Crippen molar-refractivity contribution in [3.05, 3.63) is 54.3 Å².